The second kappa shape index (κ2) is 9.62. The molecule has 30 heavy (non-hydrogen) atoms. The highest BCUT2D eigenvalue weighted by Gasteiger charge is 2.36. The van der Waals surface area contributed by atoms with Crippen LogP contribution in [0.25, 0.3) is 0 Å². The number of primary amides is 1. The van der Waals surface area contributed by atoms with E-state index in [1.165, 1.54) is 0 Å². The highest BCUT2D eigenvalue weighted by atomic mass is 16.5. The van der Waals surface area contributed by atoms with Crippen LogP contribution in [-0.2, 0) is 14.3 Å². The van der Waals surface area contributed by atoms with E-state index >= 15 is 0 Å². The molecule has 3 rings (SSSR count). The number of nitrogens with two attached hydrogens (primary N) is 1. The van der Waals surface area contributed by atoms with Crippen LogP contribution in [0, 0.1) is 5.92 Å². The maximum atomic E-state index is 12.9. The Kier molecular flexibility index (Phi) is 6.94. The van der Waals surface area contributed by atoms with Gasteiger partial charge in [-0.2, -0.15) is 0 Å². The van der Waals surface area contributed by atoms with Gasteiger partial charge in [0.05, 0.1) is 25.3 Å². The second-order valence-corrected chi connectivity index (χ2v) is 7.34. The fraction of sp³-hybridized carbons (Fsp3) is 0.476. The Morgan fingerprint density at radius 2 is 1.93 bits per heavy atom. The molecule has 0 saturated carbocycles. The third-order valence-electron chi connectivity index (χ3n) is 5.47. The Hall–Kier alpha value is -3.07. The van der Waals surface area contributed by atoms with Crippen molar-refractivity contribution in [1.82, 2.24) is 15.5 Å². The molecule has 1 saturated heterocycles. The molecule has 0 aliphatic carbocycles. The van der Waals surface area contributed by atoms with E-state index in [0.29, 0.717) is 55.1 Å². The van der Waals surface area contributed by atoms with Crippen LogP contribution in [0.2, 0.25) is 0 Å². The Morgan fingerprint density at radius 1 is 1.23 bits per heavy atom. The van der Waals surface area contributed by atoms with Crippen LogP contribution in [0.1, 0.15) is 31.4 Å². The molecule has 1 atom stereocenters. The SMILES string of the molecule is CCOC(=O)C1=C(CN2CCC(C(N)=O)CC2)NC(=O)NC1c1ccccc1OC. The van der Waals surface area contributed by atoms with Gasteiger partial charge in [0, 0.05) is 23.7 Å². The number of nitrogens with one attached hydrogen (secondary N) is 2. The first-order chi connectivity index (χ1) is 14.4. The molecule has 4 N–H and O–H groups in total. The van der Waals surface area contributed by atoms with Crippen molar-refractivity contribution in [3.05, 3.63) is 41.1 Å². The summed E-state index contributed by atoms with van der Waals surface area (Å²) in [5, 5.41) is 5.60. The van der Waals surface area contributed by atoms with Gasteiger partial charge in [0.15, 0.2) is 0 Å². The van der Waals surface area contributed by atoms with Crippen molar-refractivity contribution in [3.8, 4) is 5.75 Å². The van der Waals surface area contributed by atoms with Gasteiger partial charge in [-0.25, -0.2) is 9.59 Å². The number of para-hydroxylation sites is 1. The first-order valence-electron chi connectivity index (χ1n) is 10.1. The number of amides is 3. The Morgan fingerprint density at radius 3 is 2.57 bits per heavy atom. The van der Waals surface area contributed by atoms with Gasteiger partial charge >= 0.3 is 12.0 Å². The molecule has 1 aromatic carbocycles. The van der Waals surface area contributed by atoms with Crippen LogP contribution < -0.4 is 21.1 Å². The minimum absolute atomic E-state index is 0.135. The van der Waals surface area contributed by atoms with E-state index in [9.17, 15) is 14.4 Å². The Bertz CT molecular complexity index is 846. The average molecular weight is 416 g/mol. The first-order valence-corrected chi connectivity index (χ1v) is 10.1. The molecule has 0 radical (unpaired) electrons. The first kappa shape index (κ1) is 21.6. The monoisotopic (exact) mass is 416 g/mol. The predicted octanol–water partition coefficient (Wildman–Crippen LogP) is 1.06. The van der Waals surface area contributed by atoms with Gasteiger partial charge in [0.1, 0.15) is 5.75 Å². The summed E-state index contributed by atoms with van der Waals surface area (Å²) in [4.78, 5) is 38.8. The summed E-state index contributed by atoms with van der Waals surface area (Å²) in [5.74, 6) is -0.354. The van der Waals surface area contributed by atoms with Crippen molar-refractivity contribution >= 4 is 17.9 Å². The maximum absolute atomic E-state index is 12.9. The number of hydrogen-bond acceptors (Lipinski definition) is 6. The number of ether oxygens (including phenoxy) is 2. The normalized spacial score (nSPS) is 20.3. The van der Waals surface area contributed by atoms with Gasteiger partial charge < -0.3 is 25.8 Å². The van der Waals surface area contributed by atoms with E-state index in [2.05, 4.69) is 15.5 Å². The van der Waals surface area contributed by atoms with Crippen molar-refractivity contribution in [2.24, 2.45) is 11.7 Å². The number of piperidine rings is 1. The van der Waals surface area contributed by atoms with E-state index in [1.807, 2.05) is 18.2 Å². The van der Waals surface area contributed by atoms with E-state index < -0.39 is 18.0 Å². The number of methoxy groups -OCH3 is 1. The quantitative estimate of drug-likeness (QED) is 0.571. The molecule has 9 heteroatoms. The van der Waals surface area contributed by atoms with E-state index in [1.54, 1.807) is 20.1 Å². The van der Waals surface area contributed by atoms with Crippen molar-refractivity contribution in [3.63, 3.8) is 0 Å². The lowest BCUT2D eigenvalue weighted by Gasteiger charge is -2.35. The molecule has 3 amide bonds. The predicted molar refractivity (Wildman–Crippen MR) is 109 cm³/mol. The number of benzene rings is 1. The van der Waals surface area contributed by atoms with Crippen molar-refractivity contribution < 1.29 is 23.9 Å². The van der Waals surface area contributed by atoms with Gasteiger partial charge in [-0.3, -0.25) is 9.69 Å². The summed E-state index contributed by atoms with van der Waals surface area (Å²) in [6.45, 7) is 3.61. The Labute approximate surface area is 175 Å². The molecule has 9 nitrogen and oxygen atoms in total. The number of carbonyl (C=O) groups excluding carboxylic acids is 3. The molecule has 0 aromatic heterocycles. The van der Waals surface area contributed by atoms with Gasteiger partial charge in [0.2, 0.25) is 5.91 Å². The minimum Gasteiger partial charge on any atom is -0.496 e. The van der Waals surface area contributed by atoms with Crippen LogP contribution in [0.3, 0.4) is 0 Å². The molecule has 1 aromatic rings. The van der Waals surface area contributed by atoms with Crippen molar-refractivity contribution in [1.29, 1.82) is 0 Å². The number of hydrogen-bond donors (Lipinski definition) is 3. The number of carbonyl (C=O) groups is 3. The molecule has 1 unspecified atom stereocenters. The molecule has 0 spiro atoms. The molecule has 2 aliphatic rings. The number of esters is 1. The molecular weight excluding hydrogens is 388 g/mol. The van der Waals surface area contributed by atoms with Gasteiger partial charge in [0.25, 0.3) is 0 Å². The van der Waals surface area contributed by atoms with Gasteiger partial charge in [-0.15, -0.1) is 0 Å². The number of nitrogens with zero attached hydrogens (tertiary/aromatic N) is 1. The molecule has 162 valence electrons. The highest BCUT2D eigenvalue weighted by Crippen LogP contribution is 2.34. The third-order valence-corrected chi connectivity index (χ3v) is 5.47. The topological polar surface area (TPSA) is 123 Å². The van der Waals surface area contributed by atoms with E-state index in [-0.39, 0.29) is 18.4 Å². The largest absolute Gasteiger partial charge is 0.496 e. The van der Waals surface area contributed by atoms with Crippen LogP contribution >= 0.6 is 0 Å². The second-order valence-electron chi connectivity index (χ2n) is 7.34. The Balaban J connectivity index is 1.94. The van der Waals surface area contributed by atoms with Gasteiger partial charge in [-0.1, -0.05) is 18.2 Å². The lowest BCUT2D eigenvalue weighted by Crippen LogP contribution is -2.49. The zero-order valence-electron chi connectivity index (χ0n) is 17.3. The fourth-order valence-corrected chi connectivity index (χ4v) is 3.93. The van der Waals surface area contributed by atoms with Crippen molar-refractivity contribution in [2.75, 3.05) is 33.4 Å². The fourth-order valence-electron chi connectivity index (χ4n) is 3.93. The summed E-state index contributed by atoms with van der Waals surface area (Å²) >= 11 is 0. The zero-order chi connectivity index (χ0) is 21.7. The zero-order valence-corrected chi connectivity index (χ0v) is 17.3. The standard InChI is InChI=1S/C21H28N4O5/c1-3-30-20(27)17-15(12-25-10-8-13(9-11-25)19(22)26)23-21(28)24-18(17)14-6-4-5-7-16(14)29-2/h4-7,13,18H,3,8-12H2,1-2H3,(H2,22,26)(H2,23,24,28). The smallest absolute Gasteiger partial charge is 0.338 e. The van der Waals surface area contributed by atoms with Gasteiger partial charge in [-0.05, 0) is 38.9 Å². The third kappa shape index (κ3) is 4.73. The summed E-state index contributed by atoms with van der Waals surface area (Å²) in [6, 6.07) is 6.13. The van der Waals surface area contributed by atoms with E-state index in [4.69, 9.17) is 15.2 Å². The lowest BCUT2D eigenvalue weighted by atomic mass is 9.93. The molecule has 0 bridgehead atoms. The summed E-state index contributed by atoms with van der Waals surface area (Å²) in [5.41, 5.74) is 6.92. The number of likely N-dealkylation sites (tertiary alicyclic amines) is 1. The highest BCUT2D eigenvalue weighted by molar-refractivity contribution is 5.95. The van der Waals surface area contributed by atoms with E-state index in [0.717, 1.165) is 0 Å². The van der Waals surface area contributed by atoms with Crippen molar-refractivity contribution in [2.45, 2.75) is 25.8 Å². The van der Waals surface area contributed by atoms with Crippen LogP contribution in [0.4, 0.5) is 4.79 Å². The molecule has 2 aliphatic heterocycles. The minimum atomic E-state index is -0.702. The van der Waals surface area contributed by atoms with Crippen LogP contribution in [0.5, 0.6) is 5.75 Å². The lowest BCUT2D eigenvalue weighted by molar-refractivity contribution is -0.139. The van der Waals surface area contributed by atoms with Crippen LogP contribution in [-0.4, -0.2) is 56.2 Å². The number of rotatable bonds is 7. The summed E-state index contributed by atoms with van der Waals surface area (Å²) in [6.07, 6.45) is 1.30. The summed E-state index contributed by atoms with van der Waals surface area (Å²) in [7, 11) is 1.54. The van der Waals surface area contributed by atoms with Crippen LogP contribution in [0.15, 0.2) is 35.5 Å². The molecular formula is C21H28N4O5. The molecule has 2 heterocycles. The molecule has 1 fully saturated rings. The average Bonchev–Trinajstić information content (AvgIpc) is 2.73. The number of urea groups is 1. The maximum Gasteiger partial charge on any atom is 0.338 e. The summed E-state index contributed by atoms with van der Waals surface area (Å²) < 4.78 is 10.7.